The van der Waals surface area contributed by atoms with Crippen LogP contribution in [0.2, 0.25) is 0 Å². The summed E-state index contributed by atoms with van der Waals surface area (Å²) in [6.45, 7) is 2.85. The van der Waals surface area contributed by atoms with Crippen LogP contribution in [0.15, 0.2) is 45.8 Å². The normalized spacial score (nSPS) is 14.0. The van der Waals surface area contributed by atoms with Crippen LogP contribution >= 0.6 is 28.6 Å². The number of fused-ring (bicyclic) bond motifs is 1. The molecule has 1 aliphatic rings. The summed E-state index contributed by atoms with van der Waals surface area (Å²) >= 11 is 7.84. The number of rotatable bonds is 1. The van der Waals surface area contributed by atoms with E-state index in [1.807, 2.05) is 23.1 Å². The Hall–Kier alpha value is -1.26. The van der Waals surface area contributed by atoms with E-state index in [0.717, 1.165) is 29.5 Å². The molecule has 0 N–H and O–H groups in total. The van der Waals surface area contributed by atoms with Gasteiger partial charge in [-0.15, -0.1) is 12.6 Å². The summed E-state index contributed by atoms with van der Waals surface area (Å²) in [5.74, 6) is 0.0253. The van der Waals surface area contributed by atoms with Gasteiger partial charge in [-0.05, 0) is 49.6 Å². The minimum Gasteiger partial charge on any atom is -0.308 e. The van der Waals surface area contributed by atoms with Crippen molar-refractivity contribution in [3.8, 4) is 0 Å². The molecule has 108 valence electrons. The van der Waals surface area contributed by atoms with Crippen LogP contribution in [0.1, 0.15) is 27.9 Å². The van der Waals surface area contributed by atoms with Crippen LogP contribution in [0.4, 0.5) is 5.69 Å². The van der Waals surface area contributed by atoms with Crippen molar-refractivity contribution in [1.29, 1.82) is 0 Å². The molecule has 1 aliphatic heterocycles. The lowest BCUT2D eigenvalue weighted by Crippen LogP contribution is -2.35. The molecule has 1 heterocycles. The van der Waals surface area contributed by atoms with E-state index in [1.165, 1.54) is 11.1 Å². The van der Waals surface area contributed by atoms with Crippen LogP contribution in [0.5, 0.6) is 0 Å². The quantitative estimate of drug-likeness (QED) is 0.733. The number of aryl methyl sites for hydroxylation is 2. The smallest absolute Gasteiger partial charge is 0.259 e. The Balaban J connectivity index is 2.00. The third-order valence-corrected chi connectivity index (χ3v) is 4.65. The zero-order valence-corrected chi connectivity index (χ0v) is 14.2. The number of anilines is 1. The molecular formula is C17H16BrNOS. The number of halogens is 1. The van der Waals surface area contributed by atoms with E-state index in [4.69, 9.17) is 0 Å². The van der Waals surface area contributed by atoms with E-state index >= 15 is 0 Å². The molecule has 0 atom stereocenters. The average Bonchev–Trinajstić information content (AvgIpc) is 2.45. The summed E-state index contributed by atoms with van der Waals surface area (Å²) in [4.78, 5) is 15.4. The maximum atomic E-state index is 12.8. The summed E-state index contributed by atoms with van der Waals surface area (Å²) in [6.07, 6.45) is 2.04. The van der Waals surface area contributed by atoms with Crippen LogP contribution < -0.4 is 4.90 Å². The van der Waals surface area contributed by atoms with Crippen molar-refractivity contribution >= 4 is 40.2 Å². The van der Waals surface area contributed by atoms with E-state index in [1.54, 1.807) is 0 Å². The number of carbonyl (C=O) groups excluding carboxylic acids is 1. The van der Waals surface area contributed by atoms with Gasteiger partial charge in [-0.1, -0.05) is 33.6 Å². The SMILES string of the molecule is Cc1ccc2c(c1)CCCN2C(=O)c1ccc(Br)cc1S. The van der Waals surface area contributed by atoms with E-state index in [-0.39, 0.29) is 5.91 Å². The predicted molar refractivity (Wildman–Crippen MR) is 92.6 cm³/mol. The highest BCUT2D eigenvalue weighted by Crippen LogP contribution is 2.30. The van der Waals surface area contributed by atoms with Gasteiger partial charge in [0.15, 0.2) is 0 Å². The molecule has 0 bridgehead atoms. The number of benzene rings is 2. The fourth-order valence-corrected chi connectivity index (χ4v) is 3.62. The lowest BCUT2D eigenvalue weighted by Gasteiger charge is -2.30. The van der Waals surface area contributed by atoms with Gasteiger partial charge in [-0.2, -0.15) is 0 Å². The number of amides is 1. The van der Waals surface area contributed by atoms with Gasteiger partial charge in [0.1, 0.15) is 0 Å². The number of hydrogen-bond acceptors (Lipinski definition) is 2. The molecule has 0 saturated heterocycles. The molecule has 2 nitrogen and oxygen atoms in total. The first-order valence-corrected chi connectivity index (χ1v) is 8.20. The minimum atomic E-state index is 0.0253. The van der Waals surface area contributed by atoms with E-state index in [9.17, 15) is 4.79 Å². The second kappa shape index (κ2) is 5.85. The highest BCUT2D eigenvalue weighted by Gasteiger charge is 2.24. The molecule has 0 spiro atoms. The average molecular weight is 362 g/mol. The van der Waals surface area contributed by atoms with Gasteiger partial charge >= 0.3 is 0 Å². The van der Waals surface area contributed by atoms with Crippen LogP contribution in [-0.2, 0) is 6.42 Å². The maximum absolute atomic E-state index is 12.8. The summed E-state index contributed by atoms with van der Waals surface area (Å²) in [5.41, 5.74) is 4.18. The van der Waals surface area contributed by atoms with Crippen LogP contribution in [0, 0.1) is 6.92 Å². The lowest BCUT2D eigenvalue weighted by molar-refractivity contribution is 0.0982. The number of hydrogen-bond donors (Lipinski definition) is 1. The molecular weight excluding hydrogens is 346 g/mol. The Kier molecular flexibility index (Phi) is 4.09. The number of carbonyl (C=O) groups is 1. The van der Waals surface area contributed by atoms with E-state index in [2.05, 4.69) is 53.7 Å². The summed E-state index contributed by atoms with van der Waals surface area (Å²) < 4.78 is 0.929. The highest BCUT2D eigenvalue weighted by molar-refractivity contribution is 9.10. The van der Waals surface area contributed by atoms with Crippen LogP contribution in [0.25, 0.3) is 0 Å². The molecule has 4 heteroatoms. The molecule has 0 aromatic heterocycles. The van der Waals surface area contributed by atoms with Crippen molar-refractivity contribution in [3.63, 3.8) is 0 Å². The Bertz CT molecular complexity index is 714. The second-order valence-electron chi connectivity index (χ2n) is 5.35. The number of nitrogens with zero attached hydrogens (tertiary/aromatic N) is 1. The fraction of sp³-hybridized carbons (Fsp3) is 0.235. The monoisotopic (exact) mass is 361 g/mol. The molecule has 0 aliphatic carbocycles. The van der Waals surface area contributed by atoms with E-state index in [0.29, 0.717) is 10.5 Å². The van der Waals surface area contributed by atoms with Gasteiger partial charge in [0.25, 0.3) is 5.91 Å². The largest absolute Gasteiger partial charge is 0.308 e. The molecule has 0 saturated carbocycles. The highest BCUT2D eigenvalue weighted by atomic mass is 79.9. The summed E-state index contributed by atoms with van der Waals surface area (Å²) in [7, 11) is 0. The Labute approximate surface area is 138 Å². The first-order chi connectivity index (χ1) is 10.1. The Morgan fingerprint density at radius 3 is 2.81 bits per heavy atom. The summed E-state index contributed by atoms with van der Waals surface area (Å²) in [6, 6.07) is 11.9. The molecule has 0 unspecified atom stereocenters. The molecule has 0 radical (unpaired) electrons. The van der Waals surface area contributed by atoms with Crippen molar-refractivity contribution in [2.45, 2.75) is 24.7 Å². The molecule has 0 fully saturated rings. The number of thiol groups is 1. The van der Waals surface area contributed by atoms with Gasteiger partial charge in [0, 0.05) is 21.6 Å². The van der Waals surface area contributed by atoms with Gasteiger partial charge in [0.05, 0.1) is 5.56 Å². The third-order valence-electron chi connectivity index (χ3n) is 3.79. The topological polar surface area (TPSA) is 20.3 Å². The van der Waals surface area contributed by atoms with Crippen molar-refractivity contribution < 1.29 is 4.79 Å². The lowest BCUT2D eigenvalue weighted by atomic mass is 9.99. The van der Waals surface area contributed by atoms with Crippen molar-refractivity contribution in [2.24, 2.45) is 0 Å². The van der Waals surface area contributed by atoms with Gasteiger partial charge in [-0.3, -0.25) is 4.79 Å². The molecule has 3 rings (SSSR count). The Morgan fingerprint density at radius 2 is 2.05 bits per heavy atom. The second-order valence-corrected chi connectivity index (χ2v) is 6.75. The molecule has 2 aromatic carbocycles. The molecule has 1 amide bonds. The van der Waals surface area contributed by atoms with Gasteiger partial charge < -0.3 is 4.90 Å². The standard InChI is InChI=1S/C17H16BrNOS/c1-11-4-7-15-12(9-11)3-2-8-19(15)17(20)14-6-5-13(18)10-16(14)21/h4-7,9-10,21H,2-3,8H2,1H3. The van der Waals surface area contributed by atoms with Gasteiger partial charge in [-0.25, -0.2) is 0 Å². The Morgan fingerprint density at radius 1 is 1.24 bits per heavy atom. The summed E-state index contributed by atoms with van der Waals surface area (Å²) in [5, 5.41) is 0. The zero-order chi connectivity index (χ0) is 15.0. The van der Waals surface area contributed by atoms with E-state index < -0.39 is 0 Å². The van der Waals surface area contributed by atoms with Crippen molar-refractivity contribution in [2.75, 3.05) is 11.4 Å². The maximum Gasteiger partial charge on any atom is 0.259 e. The zero-order valence-electron chi connectivity index (χ0n) is 11.8. The van der Waals surface area contributed by atoms with Crippen molar-refractivity contribution in [3.05, 3.63) is 57.6 Å². The molecule has 2 aromatic rings. The predicted octanol–water partition coefficient (Wildman–Crippen LogP) is 4.64. The first kappa shape index (κ1) is 14.7. The minimum absolute atomic E-state index is 0.0253. The molecule has 21 heavy (non-hydrogen) atoms. The van der Waals surface area contributed by atoms with Crippen LogP contribution in [-0.4, -0.2) is 12.5 Å². The van der Waals surface area contributed by atoms with Crippen molar-refractivity contribution in [1.82, 2.24) is 0 Å². The first-order valence-electron chi connectivity index (χ1n) is 6.96. The van der Waals surface area contributed by atoms with Crippen LogP contribution in [0.3, 0.4) is 0 Å². The fourth-order valence-electron chi connectivity index (χ4n) is 2.77. The third kappa shape index (κ3) is 2.87. The van der Waals surface area contributed by atoms with Gasteiger partial charge in [0.2, 0.25) is 0 Å².